The second-order valence-electron chi connectivity index (χ2n) is 5.45. The van der Waals surface area contributed by atoms with Crippen LogP contribution in [0, 0.1) is 27.7 Å². The van der Waals surface area contributed by atoms with Crippen LogP contribution in [0.25, 0.3) is 0 Å². The van der Waals surface area contributed by atoms with E-state index in [2.05, 4.69) is 5.32 Å². The Hall–Kier alpha value is -2.55. The first-order chi connectivity index (χ1) is 10.5. The molecule has 0 unspecified atom stereocenters. The minimum Gasteiger partial charge on any atom is -0.465 e. The minimum atomic E-state index is -0.216. The zero-order valence-electron chi connectivity index (χ0n) is 13.4. The van der Waals surface area contributed by atoms with Gasteiger partial charge in [0.25, 0.3) is 5.91 Å². The van der Waals surface area contributed by atoms with Crippen LogP contribution in [0.3, 0.4) is 0 Å². The highest BCUT2D eigenvalue weighted by Crippen LogP contribution is 2.17. The molecule has 22 heavy (non-hydrogen) atoms. The SMILES string of the molecule is Cc1ccc(NC(=O)C=COc2ccc(C)c(C)c2)cc1C. The fourth-order valence-electron chi connectivity index (χ4n) is 1.96. The molecule has 3 nitrogen and oxygen atoms in total. The summed E-state index contributed by atoms with van der Waals surface area (Å²) < 4.78 is 5.45. The van der Waals surface area contributed by atoms with Crippen LogP contribution in [0.5, 0.6) is 5.75 Å². The largest absolute Gasteiger partial charge is 0.465 e. The van der Waals surface area contributed by atoms with Crippen LogP contribution in [-0.4, -0.2) is 5.91 Å². The molecule has 0 fully saturated rings. The topological polar surface area (TPSA) is 38.3 Å². The molecular formula is C19H21NO2. The van der Waals surface area contributed by atoms with Gasteiger partial charge in [-0.05, 0) is 74.2 Å². The summed E-state index contributed by atoms with van der Waals surface area (Å²) in [6.07, 6.45) is 2.78. The first kappa shape index (κ1) is 15.8. The van der Waals surface area contributed by atoms with Crippen LogP contribution in [-0.2, 0) is 4.79 Å². The molecule has 114 valence electrons. The second kappa shape index (κ2) is 6.94. The van der Waals surface area contributed by atoms with E-state index in [0.29, 0.717) is 0 Å². The summed E-state index contributed by atoms with van der Waals surface area (Å²) in [4.78, 5) is 11.8. The molecule has 0 atom stereocenters. The monoisotopic (exact) mass is 295 g/mol. The number of carbonyl (C=O) groups excluding carboxylic acids is 1. The van der Waals surface area contributed by atoms with Gasteiger partial charge in [0.1, 0.15) is 5.75 Å². The van der Waals surface area contributed by atoms with Crippen LogP contribution in [0.15, 0.2) is 48.7 Å². The third-order valence-electron chi connectivity index (χ3n) is 3.68. The van der Waals surface area contributed by atoms with Crippen molar-refractivity contribution in [3.05, 3.63) is 71.0 Å². The molecule has 0 saturated carbocycles. The number of benzene rings is 2. The van der Waals surface area contributed by atoms with Gasteiger partial charge in [0.05, 0.1) is 6.26 Å². The van der Waals surface area contributed by atoms with Gasteiger partial charge in [-0.1, -0.05) is 12.1 Å². The Morgan fingerprint density at radius 2 is 1.55 bits per heavy atom. The van der Waals surface area contributed by atoms with Crippen LogP contribution in [0.2, 0.25) is 0 Å². The number of anilines is 1. The predicted octanol–water partition coefficient (Wildman–Crippen LogP) is 4.45. The van der Waals surface area contributed by atoms with Crippen molar-refractivity contribution < 1.29 is 9.53 Å². The lowest BCUT2D eigenvalue weighted by Gasteiger charge is -2.06. The number of amides is 1. The van der Waals surface area contributed by atoms with Gasteiger partial charge >= 0.3 is 0 Å². The van der Waals surface area contributed by atoms with E-state index in [1.54, 1.807) is 0 Å². The first-order valence-electron chi connectivity index (χ1n) is 7.24. The number of carbonyl (C=O) groups is 1. The van der Waals surface area contributed by atoms with Crippen LogP contribution in [0.1, 0.15) is 22.3 Å². The van der Waals surface area contributed by atoms with E-state index in [1.165, 1.54) is 23.5 Å². The van der Waals surface area contributed by atoms with E-state index in [0.717, 1.165) is 22.6 Å². The molecule has 0 aliphatic carbocycles. The maximum atomic E-state index is 11.8. The smallest absolute Gasteiger partial charge is 0.251 e. The van der Waals surface area contributed by atoms with Crippen molar-refractivity contribution in [2.75, 3.05) is 5.32 Å². The summed E-state index contributed by atoms with van der Waals surface area (Å²) in [5, 5.41) is 2.81. The predicted molar refractivity (Wildman–Crippen MR) is 90.2 cm³/mol. The third-order valence-corrected chi connectivity index (χ3v) is 3.68. The zero-order valence-corrected chi connectivity index (χ0v) is 13.4. The Morgan fingerprint density at radius 1 is 0.909 bits per heavy atom. The van der Waals surface area contributed by atoms with E-state index in [-0.39, 0.29) is 5.91 Å². The van der Waals surface area contributed by atoms with E-state index in [4.69, 9.17) is 4.74 Å². The number of hydrogen-bond donors (Lipinski definition) is 1. The number of ether oxygens (including phenoxy) is 1. The summed E-state index contributed by atoms with van der Waals surface area (Å²) in [7, 11) is 0. The molecule has 2 aromatic rings. The Bertz CT molecular complexity index is 717. The minimum absolute atomic E-state index is 0.216. The zero-order chi connectivity index (χ0) is 16.1. The number of hydrogen-bond acceptors (Lipinski definition) is 2. The molecule has 1 N–H and O–H groups in total. The van der Waals surface area contributed by atoms with Crippen molar-refractivity contribution >= 4 is 11.6 Å². The van der Waals surface area contributed by atoms with E-state index in [9.17, 15) is 4.79 Å². The maximum absolute atomic E-state index is 11.8. The quantitative estimate of drug-likeness (QED) is 0.668. The Kier molecular flexibility index (Phi) is 4.99. The molecule has 0 aliphatic heterocycles. The lowest BCUT2D eigenvalue weighted by Crippen LogP contribution is -2.08. The standard InChI is InChI=1S/C19H21NO2/c1-13-5-7-17(11-15(13)3)20-19(21)9-10-22-18-8-6-14(2)16(4)12-18/h5-12H,1-4H3,(H,20,21). The highest BCUT2D eigenvalue weighted by molar-refractivity contribution is 5.99. The van der Waals surface area contributed by atoms with Crippen molar-refractivity contribution in [2.45, 2.75) is 27.7 Å². The average Bonchev–Trinajstić information content (AvgIpc) is 2.47. The van der Waals surface area contributed by atoms with Gasteiger partial charge in [-0.3, -0.25) is 4.79 Å². The van der Waals surface area contributed by atoms with Gasteiger partial charge in [0, 0.05) is 11.8 Å². The summed E-state index contributed by atoms with van der Waals surface area (Å²) in [5.74, 6) is 0.505. The van der Waals surface area contributed by atoms with Gasteiger partial charge < -0.3 is 10.1 Å². The number of rotatable bonds is 4. The summed E-state index contributed by atoms with van der Waals surface area (Å²) in [5.41, 5.74) is 5.50. The summed E-state index contributed by atoms with van der Waals surface area (Å²) >= 11 is 0. The van der Waals surface area contributed by atoms with Crippen molar-refractivity contribution in [2.24, 2.45) is 0 Å². The number of nitrogens with one attached hydrogen (secondary N) is 1. The fraction of sp³-hybridized carbons (Fsp3) is 0.211. The molecule has 0 heterocycles. The molecule has 0 bridgehead atoms. The van der Waals surface area contributed by atoms with Crippen LogP contribution < -0.4 is 10.1 Å². The first-order valence-corrected chi connectivity index (χ1v) is 7.24. The highest BCUT2D eigenvalue weighted by Gasteiger charge is 2.00. The molecule has 0 saturated heterocycles. The van der Waals surface area contributed by atoms with E-state index < -0.39 is 0 Å². The molecule has 3 heteroatoms. The molecule has 0 aromatic heterocycles. The lowest BCUT2D eigenvalue weighted by atomic mass is 10.1. The molecule has 2 rings (SSSR count). The fourth-order valence-corrected chi connectivity index (χ4v) is 1.96. The highest BCUT2D eigenvalue weighted by atomic mass is 16.5. The summed E-state index contributed by atoms with van der Waals surface area (Å²) in [6, 6.07) is 11.6. The van der Waals surface area contributed by atoms with Crippen LogP contribution >= 0.6 is 0 Å². The molecule has 0 radical (unpaired) electrons. The second-order valence-corrected chi connectivity index (χ2v) is 5.45. The van der Waals surface area contributed by atoms with Gasteiger partial charge in [0.15, 0.2) is 0 Å². The van der Waals surface area contributed by atoms with E-state index in [1.807, 2.05) is 64.1 Å². The molecular weight excluding hydrogens is 274 g/mol. The lowest BCUT2D eigenvalue weighted by molar-refractivity contribution is -0.112. The Balaban J connectivity index is 1.93. The van der Waals surface area contributed by atoms with Crippen molar-refractivity contribution in [1.29, 1.82) is 0 Å². The van der Waals surface area contributed by atoms with Gasteiger partial charge in [-0.25, -0.2) is 0 Å². The van der Waals surface area contributed by atoms with Gasteiger partial charge in [-0.15, -0.1) is 0 Å². The van der Waals surface area contributed by atoms with Crippen molar-refractivity contribution in [3.63, 3.8) is 0 Å². The van der Waals surface area contributed by atoms with Crippen molar-refractivity contribution in [3.8, 4) is 5.75 Å². The Labute approximate surface area is 131 Å². The van der Waals surface area contributed by atoms with E-state index >= 15 is 0 Å². The van der Waals surface area contributed by atoms with Crippen molar-refractivity contribution in [1.82, 2.24) is 0 Å². The molecule has 0 aliphatic rings. The third kappa shape index (κ3) is 4.22. The number of aryl methyl sites for hydroxylation is 4. The average molecular weight is 295 g/mol. The van der Waals surface area contributed by atoms with Crippen LogP contribution in [0.4, 0.5) is 5.69 Å². The summed E-state index contributed by atoms with van der Waals surface area (Å²) in [6.45, 7) is 8.13. The Morgan fingerprint density at radius 3 is 2.18 bits per heavy atom. The molecule has 2 aromatic carbocycles. The molecule has 1 amide bonds. The maximum Gasteiger partial charge on any atom is 0.251 e. The molecule has 0 spiro atoms. The van der Waals surface area contributed by atoms with Gasteiger partial charge in [-0.2, -0.15) is 0 Å². The normalized spacial score (nSPS) is 10.7. The van der Waals surface area contributed by atoms with Gasteiger partial charge in [0.2, 0.25) is 0 Å².